The van der Waals surface area contributed by atoms with E-state index in [0.717, 1.165) is 32.1 Å². The summed E-state index contributed by atoms with van der Waals surface area (Å²) in [6.07, 6.45) is 5.43. The molecule has 1 aliphatic rings. The van der Waals surface area contributed by atoms with Crippen LogP contribution in [0.5, 0.6) is 0 Å². The summed E-state index contributed by atoms with van der Waals surface area (Å²) >= 11 is 5.64. The molecule has 8 heteroatoms. The van der Waals surface area contributed by atoms with Crippen LogP contribution in [-0.2, 0) is 4.74 Å². The van der Waals surface area contributed by atoms with Crippen molar-refractivity contribution < 1.29 is 9.66 Å². The molecule has 1 aliphatic heterocycles. The van der Waals surface area contributed by atoms with Crippen molar-refractivity contribution in [1.29, 1.82) is 0 Å². The first-order valence-corrected chi connectivity index (χ1v) is 6.57. The summed E-state index contributed by atoms with van der Waals surface area (Å²) in [5.41, 5.74) is -0.172. The Labute approximate surface area is 115 Å². The van der Waals surface area contributed by atoms with Gasteiger partial charge in [-0.05, 0) is 37.3 Å². The normalized spacial score (nSPS) is 19.1. The van der Waals surface area contributed by atoms with Gasteiger partial charge in [0, 0.05) is 13.2 Å². The number of anilines is 1. The highest BCUT2D eigenvalue weighted by Gasteiger charge is 2.18. The van der Waals surface area contributed by atoms with E-state index in [1.165, 1.54) is 6.42 Å². The molecule has 7 nitrogen and oxygen atoms in total. The highest BCUT2D eigenvalue weighted by atomic mass is 35.5. The Morgan fingerprint density at radius 3 is 3.11 bits per heavy atom. The Bertz CT molecular complexity index is 452. The number of nitrogens with one attached hydrogen (secondary N) is 1. The predicted molar refractivity (Wildman–Crippen MR) is 70.4 cm³/mol. The van der Waals surface area contributed by atoms with Gasteiger partial charge in [-0.15, -0.1) is 0 Å². The third-order valence-corrected chi connectivity index (χ3v) is 3.15. The lowest BCUT2D eigenvalue weighted by atomic mass is 10.1. The molecular formula is C11H15ClN4O3. The maximum absolute atomic E-state index is 10.8. The first kappa shape index (κ1) is 14.0. The second-order valence-electron chi connectivity index (χ2n) is 4.33. The van der Waals surface area contributed by atoms with E-state index < -0.39 is 4.92 Å². The molecule has 19 heavy (non-hydrogen) atoms. The van der Waals surface area contributed by atoms with Crippen LogP contribution >= 0.6 is 11.6 Å². The third-order valence-electron chi connectivity index (χ3n) is 2.97. The topological polar surface area (TPSA) is 90.2 Å². The first-order chi connectivity index (χ1) is 9.16. The molecule has 0 amide bonds. The summed E-state index contributed by atoms with van der Waals surface area (Å²) in [6.45, 7) is 1.35. The molecule has 0 spiro atoms. The van der Waals surface area contributed by atoms with E-state index in [1.807, 2.05) is 0 Å². The van der Waals surface area contributed by atoms with E-state index in [2.05, 4.69) is 15.3 Å². The number of halogens is 1. The van der Waals surface area contributed by atoms with Crippen molar-refractivity contribution in [3.8, 4) is 0 Å². The Morgan fingerprint density at radius 1 is 1.58 bits per heavy atom. The van der Waals surface area contributed by atoms with Gasteiger partial charge in [0.15, 0.2) is 0 Å². The van der Waals surface area contributed by atoms with Gasteiger partial charge in [0.1, 0.15) is 6.20 Å². The molecule has 2 rings (SSSR count). The van der Waals surface area contributed by atoms with Crippen LogP contribution < -0.4 is 5.32 Å². The molecule has 0 aromatic carbocycles. The third kappa shape index (κ3) is 4.00. The molecule has 1 unspecified atom stereocenters. The summed E-state index contributed by atoms with van der Waals surface area (Å²) in [5.74, 6) is 0.154. The molecule has 0 bridgehead atoms. The smallest absolute Gasteiger partial charge is 0.329 e. The molecule has 104 valence electrons. The minimum absolute atomic E-state index is 0.0120. The highest BCUT2D eigenvalue weighted by molar-refractivity contribution is 6.28. The quantitative estimate of drug-likeness (QED) is 0.508. The van der Waals surface area contributed by atoms with Gasteiger partial charge >= 0.3 is 5.69 Å². The van der Waals surface area contributed by atoms with Gasteiger partial charge in [-0.1, -0.05) is 0 Å². The van der Waals surface area contributed by atoms with Crippen molar-refractivity contribution in [1.82, 2.24) is 9.97 Å². The number of nitro groups is 1. The average molecular weight is 287 g/mol. The van der Waals surface area contributed by atoms with Gasteiger partial charge in [0.05, 0.1) is 11.0 Å². The molecule has 0 radical (unpaired) electrons. The fourth-order valence-corrected chi connectivity index (χ4v) is 2.14. The maximum Gasteiger partial charge on any atom is 0.329 e. The lowest BCUT2D eigenvalue weighted by molar-refractivity contribution is -0.384. The number of nitrogens with zero attached hydrogens (tertiary/aromatic N) is 3. The molecule has 0 saturated carbocycles. The van der Waals surface area contributed by atoms with E-state index in [0.29, 0.717) is 6.54 Å². The lowest BCUT2D eigenvalue weighted by Crippen LogP contribution is -2.22. The largest absolute Gasteiger partial charge is 0.378 e. The van der Waals surface area contributed by atoms with Gasteiger partial charge in [0.2, 0.25) is 11.1 Å². The number of rotatable bonds is 5. The fourth-order valence-electron chi connectivity index (χ4n) is 2.00. The van der Waals surface area contributed by atoms with E-state index in [1.54, 1.807) is 0 Å². The summed E-state index contributed by atoms with van der Waals surface area (Å²) < 4.78 is 5.58. The number of ether oxygens (including phenoxy) is 1. The zero-order valence-corrected chi connectivity index (χ0v) is 11.1. The Morgan fingerprint density at radius 2 is 2.42 bits per heavy atom. The SMILES string of the molecule is O=[N+]([O-])c1cnc(Cl)nc1NCCC1CCCCO1. The van der Waals surface area contributed by atoms with Crippen molar-refractivity contribution in [2.45, 2.75) is 31.8 Å². The van der Waals surface area contributed by atoms with Crippen LogP contribution in [0, 0.1) is 10.1 Å². The number of hydrogen-bond donors (Lipinski definition) is 1. The molecule has 1 fully saturated rings. The van der Waals surface area contributed by atoms with E-state index in [-0.39, 0.29) is 22.9 Å². The van der Waals surface area contributed by atoms with Crippen LogP contribution in [0.15, 0.2) is 6.20 Å². The minimum Gasteiger partial charge on any atom is -0.378 e. The predicted octanol–water partition coefficient (Wildman–Crippen LogP) is 2.41. The van der Waals surface area contributed by atoms with Gasteiger partial charge < -0.3 is 10.1 Å². The molecule has 1 saturated heterocycles. The molecule has 1 aromatic heterocycles. The van der Waals surface area contributed by atoms with Gasteiger partial charge in [0.25, 0.3) is 0 Å². The van der Waals surface area contributed by atoms with E-state index >= 15 is 0 Å². The molecule has 1 aromatic rings. The summed E-state index contributed by atoms with van der Waals surface area (Å²) in [5, 5.41) is 13.7. The fraction of sp³-hybridized carbons (Fsp3) is 0.636. The van der Waals surface area contributed by atoms with Crippen LogP contribution in [0.1, 0.15) is 25.7 Å². The van der Waals surface area contributed by atoms with E-state index in [4.69, 9.17) is 16.3 Å². The van der Waals surface area contributed by atoms with E-state index in [9.17, 15) is 10.1 Å². The number of hydrogen-bond acceptors (Lipinski definition) is 6. The zero-order valence-electron chi connectivity index (χ0n) is 10.3. The van der Waals surface area contributed by atoms with Crippen molar-refractivity contribution in [3.05, 3.63) is 21.6 Å². The van der Waals surface area contributed by atoms with Crippen LogP contribution in [0.4, 0.5) is 11.5 Å². The Kier molecular flexibility index (Phi) is 4.86. The van der Waals surface area contributed by atoms with Crippen molar-refractivity contribution in [3.63, 3.8) is 0 Å². The highest BCUT2D eigenvalue weighted by Crippen LogP contribution is 2.22. The van der Waals surface area contributed by atoms with Crippen LogP contribution in [-0.4, -0.2) is 34.1 Å². The summed E-state index contributed by atoms with van der Waals surface area (Å²) in [7, 11) is 0. The molecule has 2 heterocycles. The monoisotopic (exact) mass is 286 g/mol. The van der Waals surface area contributed by atoms with Crippen molar-refractivity contribution in [2.75, 3.05) is 18.5 Å². The standard InChI is InChI=1S/C11H15ClN4O3/c12-11-14-7-9(16(17)18)10(15-11)13-5-4-8-3-1-2-6-19-8/h7-8H,1-6H2,(H,13,14,15). The first-order valence-electron chi connectivity index (χ1n) is 6.19. The minimum atomic E-state index is -0.532. The average Bonchev–Trinajstić information content (AvgIpc) is 2.39. The zero-order chi connectivity index (χ0) is 13.7. The van der Waals surface area contributed by atoms with Crippen LogP contribution in [0.25, 0.3) is 0 Å². The lowest BCUT2D eigenvalue weighted by Gasteiger charge is -2.22. The Hall–Kier alpha value is -1.47. The summed E-state index contributed by atoms with van der Waals surface area (Å²) in [6, 6.07) is 0. The summed E-state index contributed by atoms with van der Waals surface area (Å²) in [4.78, 5) is 17.7. The van der Waals surface area contributed by atoms with Gasteiger partial charge in [-0.25, -0.2) is 4.98 Å². The van der Waals surface area contributed by atoms with Crippen LogP contribution in [0.2, 0.25) is 5.28 Å². The molecule has 1 atom stereocenters. The molecule has 1 N–H and O–H groups in total. The van der Waals surface area contributed by atoms with Crippen molar-refractivity contribution in [2.24, 2.45) is 0 Å². The Balaban J connectivity index is 1.91. The molecule has 0 aliphatic carbocycles. The number of aromatic nitrogens is 2. The second-order valence-corrected chi connectivity index (χ2v) is 4.67. The second kappa shape index (κ2) is 6.63. The van der Waals surface area contributed by atoms with Gasteiger partial charge in [-0.3, -0.25) is 10.1 Å². The van der Waals surface area contributed by atoms with Crippen LogP contribution in [0.3, 0.4) is 0 Å². The van der Waals surface area contributed by atoms with Crippen molar-refractivity contribution >= 4 is 23.1 Å². The van der Waals surface area contributed by atoms with Gasteiger partial charge in [-0.2, -0.15) is 4.98 Å². The molecular weight excluding hydrogens is 272 g/mol. The maximum atomic E-state index is 10.8.